The molecular formula is C22H47N5NbO6S. The first-order valence-electron chi connectivity index (χ1n) is 11.2. The zero-order chi connectivity index (χ0) is 28.1. The number of urea groups is 1. The molecule has 5 amide bonds. The van der Waals surface area contributed by atoms with E-state index in [1.807, 2.05) is 27.7 Å². The van der Waals surface area contributed by atoms with Gasteiger partial charge in [-0.15, -0.1) is 0 Å². The van der Waals surface area contributed by atoms with Crippen LogP contribution in [0.15, 0.2) is 0 Å². The van der Waals surface area contributed by atoms with Crippen LogP contribution in [0.1, 0.15) is 68.7 Å². The third-order valence-electron chi connectivity index (χ3n) is 2.48. The van der Waals surface area contributed by atoms with Gasteiger partial charge in [0.15, 0.2) is 6.03 Å². The van der Waals surface area contributed by atoms with E-state index in [0.29, 0.717) is 6.42 Å². The molecule has 11 nitrogen and oxygen atoms in total. The van der Waals surface area contributed by atoms with Crippen molar-refractivity contribution in [3.63, 3.8) is 0 Å². The van der Waals surface area contributed by atoms with Crippen LogP contribution in [0.25, 0.3) is 5.32 Å². The fourth-order valence-corrected chi connectivity index (χ4v) is 1.81. The number of carbonyl (C=O) groups is 4. The maximum atomic E-state index is 11.5. The van der Waals surface area contributed by atoms with Crippen LogP contribution in [0.2, 0.25) is 0 Å². The third-order valence-corrected chi connectivity index (χ3v) is 3.28. The summed E-state index contributed by atoms with van der Waals surface area (Å²) in [4.78, 5) is 52.6. The first kappa shape index (κ1) is 46.7. The minimum atomic E-state index is -0.725. The molecule has 0 aromatic heterocycles. The van der Waals surface area contributed by atoms with Crippen LogP contribution in [0, 0.1) is 11.8 Å². The van der Waals surface area contributed by atoms with Crippen LogP contribution in [0.3, 0.4) is 0 Å². The van der Waals surface area contributed by atoms with Gasteiger partial charge in [-0.1, -0.05) is 61.9 Å². The summed E-state index contributed by atoms with van der Waals surface area (Å²) < 4.78 is 0. The van der Waals surface area contributed by atoms with Gasteiger partial charge < -0.3 is 37.3 Å². The largest absolute Gasteiger partial charge is 2.00 e. The molecular weight excluding hydrogens is 555 g/mol. The van der Waals surface area contributed by atoms with E-state index in [1.165, 1.54) is 0 Å². The zero-order valence-corrected chi connectivity index (χ0v) is 25.7. The topological polar surface area (TPSA) is 196 Å². The number of nitrogens with one attached hydrogen (secondary N) is 2. The summed E-state index contributed by atoms with van der Waals surface area (Å²) in [6.45, 7) is 17.6. The molecule has 0 rings (SSSR count). The first-order valence-corrected chi connectivity index (χ1v) is 12.3. The Hall–Kier alpha value is -1.60. The quantitative estimate of drug-likeness (QED) is 0.143. The molecule has 0 saturated carbocycles. The predicted molar refractivity (Wildman–Crippen MR) is 140 cm³/mol. The summed E-state index contributed by atoms with van der Waals surface area (Å²) >= 11 is 1.15. The SMILES string of the molecule is CC.CC(C)C.CCC(=O)NC(C(=O)NC[C-]=O)C(C)C.CCO.NC(=O)CSC[N-]C(N)=O.[Nb+2]. The summed E-state index contributed by atoms with van der Waals surface area (Å²) in [6.07, 6.45) is 1.89. The van der Waals surface area contributed by atoms with Gasteiger partial charge in [0.25, 0.3) is 0 Å². The van der Waals surface area contributed by atoms with E-state index in [1.54, 1.807) is 20.1 Å². The molecule has 0 aromatic carbocycles. The Morgan fingerprint density at radius 1 is 1.03 bits per heavy atom. The molecule has 0 aliphatic heterocycles. The summed E-state index contributed by atoms with van der Waals surface area (Å²) in [5.41, 5.74) is 9.47. The normalized spacial score (nSPS) is 9.37. The fourth-order valence-electron chi connectivity index (χ4n) is 1.30. The molecule has 0 fully saturated rings. The average Bonchev–Trinajstić information content (AvgIpc) is 2.74. The van der Waals surface area contributed by atoms with E-state index < -0.39 is 18.0 Å². The van der Waals surface area contributed by atoms with Crippen molar-refractivity contribution in [3.8, 4) is 0 Å². The molecule has 0 saturated heterocycles. The number of carbonyl (C=O) groups excluding carboxylic acids is 5. The van der Waals surface area contributed by atoms with Crippen molar-refractivity contribution < 1.29 is 51.5 Å². The van der Waals surface area contributed by atoms with Crippen molar-refractivity contribution in [1.82, 2.24) is 10.6 Å². The first-order chi connectivity index (χ1) is 15.8. The standard InChI is InChI=1S/C10H17N2O3.C4H9N3O2S.C4H10.C2H6O.C2H6.Nb/c1-4-8(14)12-9(7(2)3)10(15)11-5-6-13;5-3(8)1-10-2-7-4(6)9;1-4(2)3;1-2-3;1-2;/h7,9H,4-5H2,1-3H3,(H,11,15)(H,12,14);1-2H2,(H5,5,6,7,8,9);4H,1-3H3;3H,2H2,1H3;1-2H3;/q-1;;;;;+2/p-1. The number of nitrogens with two attached hydrogens (primary N) is 2. The Kier molecular flexibility index (Phi) is 49.3. The van der Waals surface area contributed by atoms with Crippen LogP contribution in [-0.2, 0) is 41.6 Å². The van der Waals surface area contributed by atoms with E-state index in [0.717, 1.165) is 17.7 Å². The van der Waals surface area contributed by atoms with Crippen molar-refractivity contribution in [3.05, 3.63) is 5.32 Å². The Morgan fingerprint density at radius 2 is 1.46 bits per heavy atom. The molecule has 7 N–H and O–H groups in total. The third kappa shape index (κ3) is 54.7. The molecule has 0 spiro atoms. The molecule has 1 atom stereocenters. The van der Waals surface area contributed by atoms with E-state index >= 15 is 0 Å². The molecule has 0 bridgehead atoms. The number of primary amides is 2. The smallest absolute Gasteiger partial charge is 0.540 e. The number of hydrogen-bond donors (Lipinski definition) is 5. The molecule has 0 aromatic rings. The van der Waals surface area contributed by atoms with Gasteiger partial charge in [-0.25, -0.2) is 6.29 Å². The minimum absolute atomic E-state index is 0. The van der Waals surface area contributed by atoms with E-state index in [-0.39, 0.29) is 64.9 Å². The Morgan fingerprint density at radius 3 is 1.74 bits per heavy atom. The molecule has 207 valence electrons. The maximum absolute atomic E-state index is 11.5. The van der Waals surface area contributed by atoms with E-state index in [4.69, 9.17) is 10.8 Å². The molecule has 35 heavy (non-hydrogen) atoms. The number of nitrogens with zero attached hydrogens (tertiary/aromatic N) is 1. The van der Waals surface area contributed by atoms with Gasteiger partial charge in [0, 0.05) is 13.0 Å². The number of aliphatic hydroxyl groups is 1. The van der Waals surface area contributed by atoms with Crippen LogP contribution < -0.4 is 22.1 Å². The van der Waals surface area contributed by atoms with Crippen LogP contribution >= 0.6 is 11.8 Å². The van der Waals surface area contributed by atoms with Crippen molar-refractivity contribution in [2.75, 3.05) is 24.8 Å². The monoisotopic (exact) mass is 602 g/mol. The summed E-state index contributed by atoms with van der Waals surface area (Å²) in [6, 6.07) is -1.32. The van der Waals surface area contributed by atoms with E-state index in [2.05, 4.69) is 42.5 Å². The number of hydrogen-bond acceptors (Lipinski definition) is 7. The van der Waals surface area contributed by atoms with Gasteiger partial charge in [-0.05, 0) is 24.6 Å². The van der Waals surface area contributed by atoms with Gasteiger partial charge in [0.1, 0.15) is 6.04 Å². The molecule has 0 aliphatic rings. The molecule has 1 unspecified atom stereocenters. The fraction of sp³-hybridized carbons (Fsp3) is 0.773. The minimum Gasteiger partial charge on any atom is -0.540 e. The van der Waals surface area contributed by atoms with Gasteiger partial charge in [0.2, 0.25) is 17.7 Å². The molecule has 1 radical (unpaired) electrons. The second-order valence-corrected chi connectivity index (χ2v) is 7.95. The Balaban J connectivity index is -0.0000000906. The average molecular weight is 603 g/mol. The Bertz CT molecular complexity index is 508. The van der Waals surface area contributed by atoms with Gasteiger partial charge >= 0.3 is 22.4 Å². The van der Waals surface area contributed by atoms with Crippen molar-refractivity contribution in [2.45, 2.75) is 74.8 Å². The summed E-state index contributed by atoms with van der Waals surface area (Å²) in [7, 11) is 0. The molecule has 13 heteroatoms. The summed E-state index contributed by atoms with van der Waals surface area (Å²) in [5, 5.41) is 15.8. The van der Waals surface area contributed by atoms with Crippen LogP contribution in [-0.4, -0.2) is 66.0 Å². The van der Waals surface area contributed by atoms with Crippen LogP contribution in [0.5, 0.6) is 0 Å². The van der Waals surface area contributed by atoms with Crippen molar-refractivity contribution >= 4 is 41.8 Å². The maximum Gasteiger partial charge on any atom is 2.00 e. The summed E-state index contributed by atoms with van der Waals surface area (Å²) in [5.74, 6) is 0.209. The molecule has 0 heterocycles. The van der Waals surface area contributed by atoms with Gasteiger partial charge in [-0.2, -0.15) is 11.8 Å². The Labute approximate surface area is 231 Å². The molecule has 0 aliphatic carbocycles. The second-order valence-electron chi connectivity index (χ2n) is 6.99. The zero-order valence-electron chi connectivity index (χ0n) is 22.7. The van der Waals surface area contributed by atoms with Crippen molar-refractivity contribution in [2.24, 2.45) is 23.3 Å². The van der Waals surface area contributed by atoms with E-state index in [9.17, 15) is 24.0 Å². The van der Waals surface area contributed by atoms with Crippen molar-refractivity contribution in [1.29, 1.82) is 0 Å². The number of aliphatic hydroxyl groups excluding tert-OH is 1. The predicted octanol–water partition coefficient (Wildman–Crippen LogP) is 2.06. The van der Waals surface area contributed by atoms with Gasteiger partial charge in [-0.3, -0.25) is 19.2 Å². The van der Waals surface area contributed by atoms with Crippen LogP contribution in [0.4, 0.5) is 4.79 Å². The number of amides is 5. The van der Waals surface area contributed by atoms with Gasteiger partial charge in [0.05, 0.1) is 5.75 Å². The number of thioether (sulfide) groups is 1. The number of rotatable bonds is 10. The second kappa shape index (κ2) is 37.0.